The minimum Gasteiger partial charge on any atom is -0.304 e. The molecule has 0 saturated carbocycles. The van der Waals surface area contributed by atoms with Crippen molar-refractivity contribution in [2.24, 2.45) is 5.92 Å². The number of hydrogen-bond acceptors (Lipinski definition) is 1. The number of hydrogen-bond donors (Lipinski definition) is 0. The first-order valence-electron chi connectivity index (χ1n) is 4.89. The van der Waals surface area contributed by atoms with Gasteiger partial charge in [-0.05, 0) is 39.7 Å². The third-order valence-electron chi connectivity index (χ3n) is 2.34. The molecule has 0 spiro atoms. The second kappa shape index (κ2) is 6.24. The van der Waals surface area contributed by atoms with Crippen LogP contribution in [-0.4, -0.2) is 24.5 Å². The molecule has 1 atom stereocenters. The van der Waals surface area contributed by atoms with Crippen LogP contribution < -0.4 is 0 Å². The Bertz CT molecular complexity index is 118. The van der Waals surface area contributed by atoms with Crippen molar-refractivity contribution >= 4 is 0 Å². The average molecular weight is 169 g/mol. The predicted octanol–water partition coefficient (Wildman–Crippen LogP) is 2.93. The van der Waals surface area contributed by atoms with Crippen LogP contribution in [0, 0.1) is 5.92 Å². The first-order valence-corrected chi connectivity index (χ1v) is 4.89. The van der Waals surface area contributed by atoms with Crippen LogP contribution >= 0.6 is 0 Å². The lowest BCUT2D eigenvalue weighted by molar-refractivity contribution is 0.232. The van der Waals surface area contributed by atoms with Crippen molar-refractivity contribution < 1.29 is 0 Å². The van der Waals surface area contributed by atoms with Crippen LogP contribution in [0.25, 0.3) is 0 Å². The summed E-state index contributed by atoms with van der Waals surface area (Å²) in [6, 6.07) is 0.663. The Morgan fingerprint density at radius 2 is 1.92 bits per heavy atom. The van der Waals surface area contributed by atoms with Crippen LogP contribution in [-0.2, 0) is 0 Å². The lowest BCUT2D eigenvalue weighted by atomic mass is 10.0. The van der Waals surface area contributed by atoms with E-state index in [4.69, 9.17) is 0 Å². The minimum atomic E-state index is 0.663. The summed E-state index contributed by atoms with van der Waals surface area (Å²) in [7, 11) is 2.19. The maximum absolute atomic E-state index is 3.73. The van der Waals surface area contributed by atoms with Gasteiger partial charge in [-0.2, -0.15) is 0 Å². The van der Waals surface area contributed by atoms with Crippen LogP contribution in [0.15, 0.2) is 12.7 Å². The molecule has 0 amide bonds. The second-order valence-electron chi connectivity index (χ2n) is 4.00. The number of nitrogens with zero attached hydrogens (tertiary/aromatic N) is 1. The number of rotatable bonds is 6. The molecule has 0 N–H and O–H groups in total. The normalized spacial score (nSPS) is 13.8. The van der Waals surface area contributed by atoms with Gasteiger partial charge in [-0.25, -0.2) is 0 Å². The molecule has 0 aromatic rings. The first-order chi connectivity index (χ1) is 5.57. The third kappa shape index (κ3) is 5.36. The Kier molecular flexibility index (Phi) is 6.09. The molecule has 0 rings (SSSR count). The van der Waals surface area contributed by atoms with Crippen LogP contribution in [0.4, 0.5) is 0 Å². The van der Waals surface area contributed by atoms with E-state index in [1.165, 1.54) is 13.0 Å². The van der Waals surface area contributed by atoms with Crippen molar-refractivity contribution in [1.82, 2.24) is 4.90 Å². The highest BCUT2D eigenvalue weighted by Gasteiger charge is 2.07. The van der Waals surface area contributed by atoms with Crippen LogP contribution in [0.1, 0.15) is 33.6 Å². The molecular weight excluding hydrogens is 146 g/mol. The molecule has 0 aliphatic heterocycles. The zero-order valence-corrected chi connectivity index (χ0v) is 9.01. The Labute approximate surface area is 77.5 Å². The summed E-state index contributed by atoms with van der Waals surface area (Å²) >= 11 is 0. The van der Waals surface area contributed by atoms with Gasteiger partial charge >= 0.3 is 0 Å². The summed E-state index contributed by atoms with van der Waals surface area (Å²) < 4.78 is 0. The van der Waals surface area contributed by atoms with Crippen molar-refractivity contribution in [3.8, 4) is 0 Å². The fourth-order valence-corrected chi connectivity index (χ4v) is 1.20. The quantitative estimate of drug-likeness (QED) is 0.553. The fraction of sp³-hybridized carbons (Fsp3) is 0.818. The maximum atomic E-state index is 3.73. The van der Waals surface area contributed by atoms with Gasteiger partial charge in [0, 0.05) is 12.6 Å². The number of allylic oxidation sites excluding steroid dienone is 1. The molecule has 1 nitrogen and oxygen atoms in total. The molecule has 0 fully saturated rings. The van der Waals surface area contributed by atoms with Gasteiger partial charge in [0.1, 0.15) is 0 Å². The molecule has 0 aromatic carbocycles. The molecule has 0 aromatic heterocycles. The van der Waals surface area contributed by atoms with Crippen LogP contribution in [0.5, 0.6) is 0 Å². The maximum Gasteiger partial charge on any atom is 0.00356 e. The van der Waals surface area contributed by atoms with Gasteiger partial charge in [-0.3, -0.25) is 0 Å². The van der Waals surface area contributed by atoms with E-state index in [1.807, 2.05) is 6.08 Å². The Hall–Kier alpha value is -0.300. The monoisotopic (exact) mass is 169 g/mol. The molecular formula is C11H23N. The van der Waals surface area contributed by atoms with Crippen molar-refractivity contribution in [3.05, 3.63) is 12.7 Å². The third-order valence-corrected chi connectivity index (χ3v) is 2.34. The summed E-state index contributed by atoms with van der Waals surface area (Å²) in [4.78, 5) is 2.40. The van der Waals surface area contributed by atoms with E-state index >= 15 is 0 Å². The van der Waals surface area contributed by atoms with Gasteiger partial charge in [-0.1, -0.05) is 13.0 Å². The summed E-state index contributed by atoms with van der Waals surface area (Å²) in [5, 5.41) is 0. The zero-order chi connectivity index (χ0) is 9.56. The van der Waals surface area contributed by atoms with Gasteiger partial charge in [0.25, 0.3) is 0 Å². The molecule has 72 valence electrons. The van der Waals surface area contributed by atoms with Crippen LogP contribution in [0.2, 0.25) is 0 Å². The van der Waals surface area contributed by atoms with Gasteiger partial charge in [-0.15, -0.1) is 6.58 Å². The van der Waals surface area contributed by atoms with E-state index < -0.39 is 0 Å². The van der Waals surface area contributed by atoms with Crippen molar-refractivity contribution in [1.29, 1.82) is 0 Å². The lowest BCUT2D eigenvalue weighted by Crippen LogP contribution is -2.30. The molecule has 12 heavy (non-hydrogen) atoms. The lowest BCUT2D eigenvalue weighted by Gasteiger charge is -2.24. The Morgan fingerprint density at radius 3 is 2.33 bits per heavy atom. The topological polar surface area (TPSA) is 3.24 Å². The Balaban J connectivity index is 3.53. The van der Waals surface area contributed by atoms with E-state index in [1.54, 1.807) is 0 Å². The highest BCUT2D eigenvalue weighted by atomic mass is 15.1. The summed E-state index contributed by atoms with van der Waals surface area (Å²) in [6.07, 6.45) is 4.42. The van der Waals surface area contributed by atoms with E-state index in [0.29, 0.717) is 6.04 Å². The summed E-state index contributed by atoms with van der Waals surface area (Å²) in [5.41, 5.74) is 0. The minimum absolute atomic E-state index is 0.663. The molecule has 0 aliphatic rings. The molecule has 0 bridgehead atoms. The zero-order valence-electron chi connectivity index (χ0n) is 9.01. The molecule has 1 heteroatoms. The predicted molar refractivity (Wildman–Crippen MR) is 56.4 cm³/mol. The van der Waals surface area contributed by atoms with Gasteiger partial charge in [0.2, 0.25) is 0 Å². The molecule has 0 saturated heterocycles. The standard InChI is InChI=1S/C11H23N/c1-6-7-8-11(4)9-12(5)10(2)3/h6,10-11H,1,7-9H2,2-5H3. The first kappa shape index (κ1) is 11.7. The summed E-state index contributed by atoms with van der Waals surface area (Å²) in [5.74, 6) is 0.787. The smallest absolute Gasteiger partial charge is 0.00356 e. The molecule has 0 aliphatic carbocycles. The second-order valence-corrected chi connectivity index (χ2v) is 4.00. The molecule has 0 radical (unpaired) electrons. The summed E-state index contributed by atoms with van der Waals surface area (Å²) in [6.45, 7) is 11.7. The Morgan fingerprint density at radius 1 is 1.33 bits per heavy atom. The van der Waals surface area contributed by atoms with Gasteiger partial charge in [0.15, 0.2) is 0 Å². The van der Waals surface area contributed by atoms with E-state index in [-0.39, 0.29) is 0 Å². The van der Waals surface area contributed by atoms with Gasteiger partial charge in [0.05, 0.1) is 0 Å². The van der Waals surface area contributed by atoms with Crippen molar-refractivity contribution in [2.75, 3.05) is 13.6 Å². The largest absolute Gasteiger partial charge is 0.304 e. The fourth-order valence-electron chi connectivity index (χ4n) is 1.20. The average Bonchev–Trinajstić information content (AvgIpc) is 2.00. The van der Waals surface area contributed by atoms with E-state index in [0.717, 1.165) is 12.3 Å². The van der Waals surface area contributed by atoms with E-state index in [2.05, 4.69) is 39.3 Å². The highest BCUT2D eigenvalue weighted by Crippen LogP contribution is 2.08. The van der Waals surface area contributed by atoms with Crippen LogP contribution in [0.3, 0.4) is 0 Å². The highest BCUT2D eigenvalue weighted by molar-refractivity contribution is 4.70. The van der Waals surface area contributed by atoms with Crippen molar-refractivity contribution in [3.63, 3.8) is 0 Å². The molecule has 1 unspecified atom stereocenters. The van der Waals surface area contributed by atoms with E-state index in [9.17, 15) is 0 Å². The van der Waals surface area contributed by atoms with Crippen molar-refractivity contribution in [2.45, 2.75) is 39.7 Å². The van der Waals surface area contributed by atoms with Gasteiger partial charge < -0.3 is 4.90 Å². The SMILES string of the molecule is C=CCCC(C)CN(C)C(C)C. The molecule has 0 heterocycles.